The molecule has 0 saturated carbocycles. The molecule has 0 bridgehead atoms. The number of fused-ring (bicyclic) bond motifs is 1. The number of aromatic carboxylic acids is 1. The second kappa shape index (κ2) is 10.1. The third kappa shape index (κ3) is 4.61. The van der Waals surface area contributed by atoms with Crippen molar-refractivity contribution >= 4 is 28.6 Å². The molecule has 2 N–H and O–H groups in total. The van der Waals surface area contributed by atoms with E-state index >= 15 is 0 Å². The lowest BCUT2D eigenvalue weighted by atomic mass is 10.0. The molecule has 2 aromatic heterocycles. The fourth-order valence-electron chi connectivity index (χ4n) is 3.68. The van der Waals surface area contributed by atoms with Crippen molar-refractivity contribution in [3.8, 4) is 5.88 Å². The number of rotatable bonds is 9. The molecule has 7 nitrogen and oxygen atoms in total. The Morgan fingerprint density at radius 2 is 2.09 bits per heavy atom. The lowest BCUT2D eigenvalue weighted by molar-refractivity contribution is 0.0694. The lowest BCUT2D eigenvalue weighted by Crippen LogP contribution is -2.24. The zero-order valence-corrected chi connectivity index (χ0v) is 18.5. The maximum absolute atomic E-state index is 14.5. The number of carboxylic acids is 1. The van der Waals surface area contributed by atoms with Crippen LogP contribution in [0.2, 0.25) is 5.02 Å². The van der Waals surface area contributed by atoms with Gasteiger partial charge in [0.2, 0.25) is 11.3 Å². The number of hydrogen-bond donors (Lipinski definition) is 2. The second-order valence-electron chi connectivity index (χ2n) is 7.48. The minimum absolute atomic E-state index is 0.0348. The highest BCUT2D eigenvalue weighted by Gasteiger charge is 2.22. The van der Waals surface area contributed by atoms with Crippen molar-refractivity contribution in [1.29, 1.82) is 0 Å². The van der Waals surface area contributed by atoms with Gasteiger partial charge in [-0.05, 0) is 24.1 Å². The summed E-state index contributed by atoms with van der Waals surface area (Å²) >= 11 is 5.88. The number of carboxylic acid groups (broad SMARTS) is 1. The summed E-state index contributed by atoms with van der Waals surface area (Å²) in [6, 6.07) is 5.60. The molecule has 9 heteroatoms. The van der Waals surface area contributed by atoms with E-state index in [0.29, 0.717) is 12.0 Å². The van der Waals surface area contributed by atoms with Gasteiger partial charge in [0.1, 0.15) is 17.0 Å². The Hall–Kier alpha value is -2.97. The summed E-state index contributed by atoms with van der Waals surface area (Å²) in [5.41, 5.74) is -0.259. The molecular weight excluding hydrogens is 439 g/mol. The van der Waals surface area contributed by atoms with Gasteiger partial charge in [-0.25, -0.2) is 9.18 Å². The Balaban J connectivity index is 2.27. The molecule has 0 saturated heterocycles. The highest BCUT2D eigenvalue weighted by atomic mass is 35.5. The fourth-order valence-corrected chi connectivity index (χ4v) is 3.87. The number of halogens is 2. The van der Waals surface area contributed by atoms with Gasteiger partial charge in [0, 0.05) is 18.2 Å². The predicted molar refractivity (Wildman–Crippen MR) is 119 cm³/mol. The van der Waals surface area contributed by atoms with Crippen LogP contribution in [0.3, 0.4) is 0 Å². The molecule has 0 aliphatic heterocycles. The molecule has 1 aromatic carbocycles. The number of benzene rings is 1. The molecule has 0 amide bonds. The van der Waals surface area contributed by atoms with Crippen molar-refractivity contribution in [2.45, 2.75) is 38.6 Å². The van der Waals surface area contributed by atoms with Crippen LogP contribution in [0, 0.1) is 5.82 Å². The molecule has 0 aliphatic carbocycles. The Kier molecular flexibility index (Phi) is 7.48. The summed E-state index contributed by atoms with van der Waals surface area (Å²) in [5, 5.41) is 19.5. The van der Waals surface area contributed by atoms with Crippen LogP contribution >= 0.6 is 11.6 Å². The summed E-state index contributed by atoms with van der Waals surface area (Å²) < 4.78 is 21.4. The molecule has 3 rings (SSSR count). The van der Waals surface area contributed by atoms with E-state index in [0.717, 1.165) is 12.8 Å². The zero-order chi connectivity index (χ0) is 23.4. The highest BCUT2D eigenvalue weighted by molar-refractivity contribution is 6.30. The summed E-state index contributed by atoms with van der Waals surface area (Å²) in [6.07, 6.45) is 3.50. The molecule has 0 fully saturated rings. The van der Waals surface area contributed by atoms with E-state index in [1.165, 1.54) is 30.0 Å². The van der Waals surface area contributed by atoms with Crippen molar-refractivity contribution in [1.82, 2.24) is 9.55 Å². The topological polar surface area (TPSA) is 102 Å². The molecule has 170 valence electrons. The number of aromatic nitrogens is 2. The van der Waals surface area contributed by atoms with Gasteiger partial charge in [0.15, 0.2) is 0 Å². The van der Waals surface area contributed by atoms with Gasteiger partial charge in [-0.3, -0.25) is 4.79 Å². The number of methoxy groups -OCH3 is 1. The first-order valence-corrected chi connectivity index (χ1v) is 10.6. The number of ether oxygens (including phenoxy) is 1. The molecule has 1 atom stereocenters. The van der Waals surface area contributed by atoms with Crippen LogP contribution in [0.5, 0.6) is 5.88 Å². The standard InChI is InChI=1S/C23H24ClFN2O5/c1-3-4-7-15(12-28)27-11-17(23(30)31)20(29)16-10-14(22(32-2)26-21(16)27)9-13-6-5-8-18(24)19(13)25/h5-6,8,10-11,15,28H,3-4,7,9,12H2,1-2H3,(H,30,31)/t15-/m0/s1. The van der Waals surface area contributed by atoms with Crippen LogP contribution in [0.1, 0.15) is 53.7 Å². The van der Waals surface area contributed by atoms with Crippen LogP contribution in [0.15, 0.2) is 35.3 Å². The average molecular weight is 463 g/mol. The van der Waals surface area contributed by atoms with Crippen molar-refractivity contribution < 1.29 is 24.1 Å². The molecule has 0 aliphatic rings. The van der Waals surface area contributed by atoms with E-state index in [4.69, 9.17) is 16.3 Å². The zero-order valence-electron chi connectivity index (χ0n) is 17.8. The first kappa shape index (κ1) is 23.7. The van der Waals surface area contributed by atoms with E-state index < -0.39 is 28.8 Å². The van der Waals surface area contributed by atoms with E-state index in [1.54, 1.807) is 12.1 Å². The summed E-state index contributed by atoms with van der Waals surface area (Å²) in [5.74, 6) is -1.80. The highest BCUT2D eigenvalue weighted by Crippen LogP contribution is 2.28. The molecule has 0 radical (unpaired) electrons. The number of hydrogen-bond acceptors (Lipinski definition) is 5. The number of aliphatic hydroxyl groups excluding tert-OH is 1. The van der Waals surface area contributed by atoms with Gasteiger partial charge >= 0.3 is 5.97 Å². The Labute approximate surface area is 189 Å². The molecule has 2 heterocycles. The van der Waals surface area contributed by atoms with Crippen molar-refractivity contribution in [2.24, 2.45) is 0 Å². The average Bonchev–Trinajstić information content (AvgIpc) is 2.78. The van der Waals surface area contributed by atoms with Crippen molar-refractivity contribution in [2.75, 3.05) is 13.7 Å². The number of aliphatic hydroxyl groups is 1. The summed E-state index contributed by atoms with van der Waals surface area (Å²) in [7, 11) is 1.40. The van der Waals surface area contributed by atoms with E-state index in [1.807, 2.05) is 6.92 Å². The Bertz CT molecular complexity index is 1210. The number of nitrogens with zero attached hydrogens (tertiary/aromatic N) is 2. The van der Waals surface area contributed by atoms with Gasteiger partial charge in [0.05, 0.1) is 30.2 Å². The van der Waals surface area contributed by atoms with E-state index in [-0.39, 0.29) is 40.5 Å². The molecule has 0 spiro atoms. The lowest BCUT2D eigenvalue weighted by Gasteiger charge is -2.21. The normalized spacial score (nSPS) is 12.2. The molecular formula is C23H24ClFN2O5. The molecule has 3 aromatic rings. The van der Waals surface area contributed by atoms with Gasteiger partial charge in [-0.15, -0.1) is 0 Å². The Morgan fingerprint density at radius 1 is 1.34 bits per heavy atom. The van der Waals surface area contributed by atoms with Gasteiger partial charge in [0.25, 0.3) is 0 Å². The number of pyridine rings is 2. The van der Waals surface area contributed by atoms with E-state index in [2.05, 4.69) is 4.98 Å². The maximum atomic E-state index is 14.5. The minimum atomic E-state index is -1.38. The largest absolute Gasteiger partial charge is 0.481 e. The van der Waals surface area contributed by atoms with Crippen LogP contribution in [-0.4, -0.2) is 39.5 Å². The van der Waals surface area contributed by atoms with Crippen molar-refractivity contribution in [3.63, 3.8) is 0 Å². The first-order chi connectivity index (χ1) is 15.3. The van der Waals surface area contributed by atoms with Gasteiger partial charge in [-0.2, -0.15) is 4.98 Å². The van der Waals surface area contributed by atoms with Crippen LogP contribution in [-0.2, 0) is 6.42 Å². The quantitative estimate of drug-likeness (QED) is 0.494. The summed E-state index contributed by atoms with van der Waals surface area (Å²) in [4.78, 5) is 29.1. The number of unbranched alkanes of at least 4 members (excludes halogenated alkanes) is 1. The maximum Gasteiger partial charge on any atom is 0.341 e. The number of carbonyl (C=O) groups is 1. The first-order valence-electron chi connectivity index (χ1n) is 10.2. The van der Waals surface area contributed by atoms with Crippen LogP contribution < -0.4 is 10.2 Å². The molecule has 32 heavy (non-hydrogen) atoms. The van der Waals surface area contributed by atoms with Crippen LogP contribution in [0.25, 0.3) is 11.0 Å². The minimum Gasteiger partial charge on any atom is -0.481 e. The van der Waals surface area contributed by atoms with Gasteiger partial charge in [-0.1, -0.05) is 43.5 Å². The van der Waals surface area contributed by atoms with Crippen molar-refractivity contribution in [3.05, 3.63) is 68.2 Å². The third-order valence-electron chi connectivity index (χ3n) is 5.37. The monoisotopic (exact) mass is 462 g/mol. The predicted octanol–water partition coefficient (Wildman–Crippen LogP) is 4.21. The third-order valence-corrected chi connectivity index (χ3v) is 5.67. The van der Waals surface area contributed by atoms with Crippen LogP contribution in [0.4, 0.5) is 4.39 Å². The van der Waals surface area contributed by atoms with E-state index in [9.17, 15) is 24.2 Å². The fraction of sp³-hybridized carbons (Fsp3) is 0.348. The van der Waals surface area contributed by atoms with Gasteiger partial charge < -0.3 is 19.5 Å². The summed E-state index contributed by atoms with van der Waals surface area (Å²) in [6.45, 7) is 1.75. The molecule has 0 unspecified atom stereocenters. The smallest absolute Gasteiger partial charge is 0.341 e. The Morgan fingerprint density at radius 3 is 2.72 bits per heavy atom. The second-order valence-corrected chi connectivity index (χ2v) is 7.89. The SMILES string of the molecule is CCCC[C@@H](CO)n1cc(C(=O)O)c(=O)c2cc(Cc3cccc(Cl)c3F)c(OC)nc21.